The van der Waals surface area contributed by atoms with E-state index in [4.69, 9.17) is 4.74 Å². The van der Waals surface area contributed by atoms with Crippen LogP contribution in [-0.4, -0.2) is 22.1 Å². The number of pyridine rings is 1. The summed E-state index contributed by atoms with van der Waals surface area (Å²) < 4.78 is 7.26. The molecule has 3 aromatic carbocycles. The molecule has 0 aliphatic heterocycles. The molecule has 0 bridgehead atoms. The quantitative estimate of drug-likeness (QED) is 0.229. The van der Waals surface area contributed by atoms with E-state index in [1.54, 1.807) is 6.07 Å². The second-order valence-corrected chi connectivity index (χ2v) is 11.1. The summed E-state index contributed by atoms with van der Waals surface area (Å²) in [6.07, 6.45) is 3.65. The molecule has 0 amide bonds. The average Bonchev–Trinajstić information content (AvgIpc) is 3.66. The Labute approximate surface area is 225 Å². The van der Waals surface area contributed by atoms with Crippen LogP contribution in [0.1, 0.15) is 64.8 Å². The molecule has 0 unspecified atom stereocenters. The number of aromatic nitrogens is 1. The Hall–Kier alpha value is -3.90. The fraction of sp³-hybridized carbons (Fsp3) is 0.250. The van der Waals surface area contributed by atoms with Gasteiger partial charge in [-0.1, -0.05) is 49.4 Å². The van der Waals surface area contributed by atoms with Crippen molar-refractivity contribution in [1.29, 1.82) is 0 Å². The number of rotatable bonds is 8. The van der Waals surface area contributed by atoms with Gasteiger partial charge in [-0.3, -0.25) is 9.20 Å². The van der Waals surface area contributed by atoms with Gasteiger partial charge in [0.2, 0.25) is 0 Å². The van der Waals surface area contributed by atoms with Crippen LogP contribution in [0.3, 0.4) is 0 Å². The second-order valence-electron chi connectivity index (χ2n) is 10.1. The van der Waals surface area contributed by atoms with Gasteiger partial charge in [-0.05, 0) is 95.3 Å². The fourth-order valence-electron chi connectivity index (χ4n) is 5.37. The van der Waals surface area contributed by atoms with E-state index >= 15 is 0 Å². The van der Waals surface area contributed by atoms with E-state index in [2.05, 4.69) is 37.3 Å². The lowest BCUT2D eigenvalue weighted by Crippen LogP contribution is -2.19. The van der Waals surface area contributed by atoms with Gasteiger partial charge in [0.25, 0.3) is 5.56 Å². The van der Waals surface area contributed by atoms with Gasteiger partial charge in [0.05, 0.1) is 11.5 Å². The van der Waals surface area contributed by atoms with Crippen LogP contribution in [0.25, 0.3) is 26.0 Å². The molecule has 1 aliphatic rings. The zero-order chi connectivity index (χ0) is 26.4. The largest absolute Gasteiger partial charge is 0.493 e. The Morgan fingerprint density at radius 3 is 2.58 bits per heavy atom. The van der Waals surface area contributed by atoms with Gasteiger partial charge in [-0.2, -0.15) is 0 Å². The molecule has 1 saturated carbocycles. The number of carboxylic acid groups (broad SMARTS) is 1. The first-order chi connectivity index (χ1) is 18.5. The average molecular weight is 524 g/mol. The summed E-state index contributed by atoms with van der Waals surface area (Å²) >= 11 is 1.42. The van der Waals surface area contributed by atoms with E-state index in [9.17, 15) is 14.7 Å². The molecule has 5 nitrogen and oxygen atoms in total. The molecule has 1 fully saturated rings. The number of carboxylic acids is 1. The number of thiazole rings is 1. The van der Waals surface area contributed by atoms with Crippen molar-refractivity contribution in [2.45, 2.75) is 45.4 Å². The lowest BCUT2D eigenvalue weighted by atomic mass is 9.95. The second kappa shape index (κ2) is 9.76. The molecule has 0 atom stereocenters. The van der Waals surface area contributed by atoms with Gasteiger partial charge < -0.3 is 9.84 Å². The molecule has 0 saturated heterocycles. The summed E-state index contributed by atoms with van der Waals surface area (Å²) in [4.78, 5) is 27.5. The first kappa shape index (κ1) is 24.4. The third-order valence-corrected chi connectivity index (χ3v) is 8.51. The number of benzene rings is 3. The summed E-state index contributed by atoms with van der Waals surface area (Å²) in [5, 5.41) is 12.6. The monoisotopic (exact) mass is 523 g/mol. The summed E-state index contributed by atoms with van der Waals surface area (Å²) in [6, 6.07) is 22.0. The van der Waals surface area contributed by atoms with Gasteiger partial charge in [0.1, 0.15) is 10.6 Å². The molecule has 6 heteroatoms. The van der Waals surface area contributed by atoms with Crippen LogP contribution >= 0.6 is 11.3 Å². The number of aryl methyl sites for hydroxylation is 1. The van der Waals surface area contributed by atoms with Crippen molar-refractivity contribution in [2.24, 2.45) is 0 Å². The van der Waals surface area contributed by atoms with E-state index < -0.39 is 5.97 Å². The maximum atomic E-state index is 13.5. The summed E-state index contributed by atoms with van der Waals surface area (Å²) in [6.45, 7) is 4.65. The van der Waals surface area contributed by atoms with Crippen molar-refractivity contribution >= 4 is 32.9 Å². The molecular formula is C32H29NO4S. The lowest BCUT2D eigenvalue weighted by molar-refractivity contribution is 0.0690. The molecule has 2 aromatic heterocycles. The summed E-state index contributed by atoms with van der Waals surface area (Å²) in [5.41, 5.74) is 4.76. The highest BCUT2D eigenvalue weighted by Crippen LogP contribution is 2.47. The molecular weight excluding hydrogens is 494 g/mol. The highest BCUT2D eigenvalue weighted by atomic mass is 32.1. The molecule has 1 aliphatic carbocycles. The number of carbonyl (C=O) groups is 1. The van der Waals surface area contributed by atoms with Gasteiger partial charge >= 0.3 is 5.97 Å². The standard InChI is InChI=1S/C32H29NO4S/c1-3-15-37-26-14-13-23(16-19(26)2)30-29(32(35)36)33-27(34)18-24(28(21-11-12-21)31(33)38-30)17-22-9-6-8-20-7-4-5-10-25(20)22/h4-10,13-14,16,18,21H,3,11-12,15,17H2,1-2H3,(H,35,36). The van der Waals surface area contributed by atoms with Crippen LogP contribution in [0, 0.1) is 6.92 Å². The molecule has 0 radical (unpaired) electrons. The minimum absolute atomic E-state index is 0.0373. The maximum absolute atomic E-state index is 13.5. The van der Waals surface area contributed by atoms with Gasteiger partial charge in [0, 0.05) is 6.07 Å². The highest BCUT2D eigenvalue weighted by molar-refractivity contribution is 7.21. The van der Waals surface area contributed by atoms with Gasteiger partial charge in [-0.15, -0.1) is 11.3 Å². The van der Waals surface area contributed by atoms with Crippen LogP contribution in [0.5, 0.6) is 5.75 Å². The Morgan fingerprint density at radius 2 is 1.84 bits per heavy atom. The number of hydrogen-bond acceptors (Lipinski definition) is 4. The number of nitrogens with zero attached hydrogens (tertiary/aromatic N) is 1. The van der Waals surface area contributed by atoms with Crippen LogP contribution in [0.2, 0.25) is 0 Å². The highest BCUT2D eigenvalue weighted by Gasteiger charge is 2.32. The normalized spacial score (nSPS) is 13.3. The number of aromatic carboxylic acids is 1. The summed E-state index contributed by atoms with van der Waals surface area (Å²) in [7, 11) is 0. The van der Waals surface area contributed by atoms with Crippen molar-refractivity contribution in [3.8, 4) is 16.2 Å². The van der Waals surface area contributed by atoms with Crippen LogP contribution in [0.15, 0.2) is 71.5 Å². The van der Waals surface area contributed by atoms with Crippen molar-refractivity contribution in [3.63, 3.8) is 0 Å². The molecule has 1 N–H and O–H groups in total. The van der Waals surface area contributed by atoms with E-state index in [1.807, 2.05) is 37.3 Å². The molecule has 2 heterocycles. The van der Waals surface area contributed by atoms with E-state index in [1.165, 1.54) is 32.1 Å². The van der Waals surface area contributed by atoms with Crippen LogP contribution < -0.4 is 10.3 Å². The van der Waals surface area contributed by atoms with Crippen LogP contribution in [0.4, 0.5) is 0 Å². The topological polar surface area (TPSA) is 68.0 Å². The smallest absolute Gasteiger partial charge is 0.354 e. The SMILES string of the molecule is CCCOc1ccc(-c2sc3c(C4CC4)c(Cc4cccc5ccccc45)cc(=O)n3c2C(=O)O)cc1C. The molecule has 5 aromatic rings. The predicted molar refractivity (Wildman–Crippen MR) is 153 cm³/mol. The third kappa shape index (κ3) is 4.29. The van der Waals surface area contributed by atoms with Crippen molar-refractivity contribution < 1.29 is 14.6 Å². The first-order valence-electron chi connectivity index (χ1n) is 13.1. The lowest BCUT2D eigenvalue weighted by Gasteiger charge is -2.13. The number of fused-ring (bicyclic) bond motifs is 2. The number of ether oxygens (including phenoxy) is 1. The third-order valence-electron chi connectivity index (χ3n) is 7.28. The Bertz CT molecular complexity index is 1750. The zero-order valence-electron chi connectivity index (χ0n) is 21.5. The van der Waals surface area contributed by atoms with E-state index in [-0.39, 0.29) is 11.3 Å². The van der Waals surface area contributed by atoms with Crippen LogP contribution in [-0.2, 0) is 6.42 Å². The predicted octanol–water partition coefficient (Wildman–Crippen LogP) is 7.44. The molecule has 192 valence electrons. The zero-order valence-corrected chi connectivity index (χ0v) is 22.3. The minimum Gasteiger partial charge on any atom is -0.493 e. The Morgan fingerprint density at radius 1 is 1.05 bits per heavy atom. The minimum atomic E-state index is -1.10. The van der Waals surface area contributed by atoms with E-state index in [0.29, 0.717) is 23.8 Å². The molecule has 38 heavy (non-hydrogen) atoms. The Balaban J connectivity index is 1.54. The maximum Gasteiger partial charge on any atom is 0.354 e. The van der Waals surface area contributed by atoms with Crippen molar-refractivity contribution in [1.82, 2.24) is 4.40 Å². The summed E-state index contributed by atoms with van der Waals surface area (Å²) in [5.74, 6) is 0.0398. The Kier molecular flexibility index (Phi) is 6.28. The van der Waals surface area contributed by atoms with Gasteiger partial charge in [-0.25, -0.2) is 4.79 Å². The van der Waals surface area contributed by atoms with Gasteiger partial charge in [0.15, 0.2) is 5.69 Å². The fourth-order valence-corrected chi connectivity index (χ4v) is 6.76. The van der Waals surface area contributed by atoms with E-state index in [0.717, 1.165) is 52.1 Å². The van der Waals surface area contributed by atoms with Crippen molar-refractivity contribution in [3.05, 3.63) is 105 Å². The number of hydrogen-bond donors (Lipinski definition) is 1. The first-order valence-corrected chi connectivity index (χ1v) is 13.9. The van der Waals surface area contributed by atoms with Crippen molar-refractivity contribution in [2.75, 3.05) is 6.61 Å². The molecule has 6 rings (SSSR count). The molecule has 0 spiro atoms.